The number of tetrazole rings is 1. The maximum Gasteiger partial charge on any atom is 0.162 e. The van der Waals surface area contributed by atoms with Crippen molar-refractivity contribution in [3.8, 4) is 5.69 Å². The summed E-state index contributed by atoms with van der Waals surface area (Å²) in [6, 6.07) is 7.44. The van der Waals surface area contributed by atoms with Crippen molar-refractivity contribution in [1.29, 1.82) is 0 Å². The van der Waals surface area contributed by atoms with Crippen LogP contribution >= 0.6 is 12.6 Å². The molecule has 1 aromatic heterocycles. The molecule has 0 saturated carbocycles. The average molecular weight is 177 g/mol. The SMILES string of the molecule is [S]c1ccccc1-n1ncnn1. The Labute approximate surface area is 74.6 Å². The fraction of sp³-hybridized carbons (Fsp3) is 0. The van der Waals surface area contributed by atoms with Crippen LogP contribution in [0.15, 0.2) is 35.5 Å². The van der Waals surface area contributed by atoms with Gasteiger partial charge in [0.25, 0.3) is 0 Å². The lowest BCUT2D eigenvalue weighted by Gasteiger charge is -1.98. The van der Waals surface area contributed by atoms with Crippen molar-refractivity contribution < 1.29 is 0 Å². The number of para-hydroxylation sites is 1. The van der Waals surface area contributed by atoms with E-state index in [1.54, 1.807) is 0 Å². The normalized spacial score (nSPS) is 10.0. The number of aromatic nitrogens is 4. The number of nitrogens with zero attached hydrogens (tertiary/aromatic N) is 4. The molecule has 0 fully saturated rings. The number of rotatable bonds is 1. The molecule has 0 aliphatic rings. The molecule has 0 bridgehead atoms. The molecule has 2 aromatic rings. The third kappa shape index (κ3) is 1.14. The van der Waals surface area contributed by atoms with E-state index < -0.39 is 0 Å². The smallest absolute Gasteiger partial charge is 0.135 e. The maximum absolute atomic E-state index is 5.07. The second-order valence-electron chi connectivity index (χ2n) is 2.19. The van der Waals surface area contributed by atoms with Crippen molar-refractivity contribution in [3.05, 3.63) is 30.6 Å². The van der Waals surface area contributed by atoms with Crippen LogP contribution in [-0.2, 0) is 0 Å². The first-order valence-corrected chi connectivity index (χ1v) is 3.78. The Morgan fingerprint density at radius 2 is 2.08 bits per heavy atom. The zero-order chi connectivity index (χ0) is 8.39. The lowest BCUT2D eigenvalue weighted by Crippen LogP contribution is -1.99. The van der Waals surface area contributed by atoms with Crippen LogP contribution in [-0.4, -0.2) is 20.2 Å². The molecule has 0 N–H and O–H groups in total. The predicted molar refractivity (Wildman–Crippen MR) is 45.0 cm³/mol. The van der Waals surface area contributed by atoms with E-state index in [0.29, 0.717) is 0 Å². The summed E-state index contributed by atoms with van der Waals surface area (Å²) in [6.07, 6.45) is 1.38. The van der Waals surface area contributed by atoms with Gasteiger partial charge in [-0.3, -0.25) is 0 Å². The molecule has 0 atom stereocenters. The third-order valence-electron chi connectivity index (χ3n) is 1.43. The fourth-order valence-corrected chi connectivity index (χ4v) is 1.13. The van der Waals surface area contributed by atoms with Gasteiger partial charge in [0.05, 0.1) is 4.90 Å². The molecule has 0 unspecified atom stereocenters. The first-order chi connectivity index (χ1) is 5.88. The van der Waals surface area contributed by atoms with E-state index in [1.807, 2.05) is 24.3 Å². The second kappa shape index (κ2) is 2.86. The van der Waals surface area contributed by atoms with E-state index >= 15 is 0 Å². The van der Waals surface area contributed by atoms with E-state index in [-0.39, 0.29) is 0 Å². The van der Waals surface area contributed by atoms with Crippen LogP contribution in [0.1, 0.15) is 0 Å². The highest BCUT2D eigenvalue weighted by Gasteiger charge is 2.01. The molecular weight excluding hydrogens is 172 g/mol. The molecule has 4 nitrogen and oxygen atoms in total. The molecule has 12 heavy (non-hydrogen) atoms. The van der Waals surface area contributed by atoms with Gasteiger partial charge in [-0.2, -0.15) is 0 Å². The van der Waals surface area contributed by atoms with Crippen LogP contribution in [0.4, 0.5) is 0 Å². The zero-order valence-electron chi connectivity index (χ0n) is 6.08. The molecular formula is C7H5N4S. The molecule has 0 spiro atoms. The van der Waals surface area contributed by atoms with Gasteiger partial charge >= 0.3 is 0 Å². The van der Waals surface area contributed by atoms with Crippen molar-refractivity contribution in [2.75, 3.05) is 0 Å². The molecule has 1 heterocycles. The summed E-state index contributed by atoms with van der Waals surface area (Å²) < 4.78 is 0. The molecule has 59 valence electrons. The molecule has 5 heteroatoms. The summed E-state index contributed by atoms with van der Waals surface area (Å²) >= 11 is 5.07. The minimum absolute atomic E-state index is 0.718. The van der Waals surface area contributed by atoms with Gasteiger partial charge < -0.3 is 0 Å². The average Bonchev–Trinajstić information content (AvgIpc) is 2.57. The largest absolute Gasteiger partial charge is 0.162 e. The van der Waals surface area contributed by atoms with Crippen LogP contribution in [0, 0.1) is 0 Å². The van der Waals surface area contributed by atoms with Gasteiger partial charge in [0.15, 0.2) is 6.33 Å². The zero-order valence-corrected chi connectivity index (χ0v) is 6.90. The maximum atomic E-state index is 5.07. The summed E-state index contributed by atoms with van der Waals surface area (Å²) in [5.74, 6) is 0. The summed E-state index contributed by atoms with van der Waals surface area (Å²) in [7, 11) is 0. The van der Waals surface area contributed by atoms with Crippen molar-refractivity contribution in [2.24, 2.45) is 0 Å². The molecule has 0 amide bonds. The standard InChI is InChI=1S/C7H5N4S/c12-7-4-2-1-3-6(7)11-9-5-8-10-11/h1-5H. The predicted octanol–water partition coefficient (Wildman–Crippen LogP) is 1.22. The van der Waals surface area contributed by atoms with Crippen LogP contribution in [0.5, 0.6) is 0 Å². The monoisotopic (exact) mass is 177 g/mol. The Bertz CT molecular complexity index is 371. The Balaban J connectivity index is 2.55. The summed E-state index contributed by atoms with van der Waals surface area (Å²) in [6.45, 7) is 0. The second-order valence-corrected chi connectivity index (χ2v) is 2.63. The molecule has 1 radical (unpaired) electrons. The summed E-state index contributed by atoms with van der Waals surface area (Å²) in [4.78, 5) is 2.12. The number of benzene rings is 1. The highest BCUT2D eigenvalue weighted by atomic mass is 32.1. The van der Waals surface area contributed by atoms with Gasteiger partial charge in [-0.05, 0) is 17.3 Å². The van der Waals surface area contributed by atoms with Gasteiger partial charge in [0, 0.05) is 0 Å². The number of hydrogen-bond acceptors (Lipinski definition) is 3. The van der Waals surface area contributed by atoms with Gasteiger partial charge in [0.1, 0.15) is 5.69 Å². The Morgan fingerprint density at radius 3 is 2.75 bits per heavy atom. The third-order valence-corrected chi connectivity index (χ3v) is 1.77. The topological polar surface area (TPSA) is 43.6 Å². The van der Waals surface area contributed by atoms with Crippen LogP contribution in [0.3, 0.4) is 0 Å². The Morgan fingerprint density at radius 1 is 1.25 bits per heavy atom. The minimum atomic E-state index is 0.718. The van der Waals surface area contributed by atoms with E-state index in [1.165, 1.54) is 11.1 Å². The van der Waals surface area contributed by atoms with Crippen LogP contribution in [0.2, 0.25) is 0 Å². The first-order valence-electron chi connectivity index (χ1n) is 3.37. The van der Waals surface area contributed by atoms with E-state index in [9.17, 15) is 0 Å². The summed E-state index contributed by atoms with van der Waals surface area (Å²) in [5, 5.41) is 11.2. The van der Waals surface area contributed by atoms with Crippen LogP contribution in [0.25, 0.3) is 5.69 Å². The Kier molecular flexibility index (Phi) is 1.71. The van der Waals surface area contributed by atoms with Gasteiger partial charge in [-0.15, -0.1) is 15.0 Å². The highest BCUT2D eigenvalue weighted by molar-refractivity contribution is 7.80. The van der Waals surface area contributed by atoms with Crippen LogP contribution < -0.4 is 0 Å². The fourth-order valence-electron chi connectivity index (χ4n) is 0.900. The number of hydrogen-bond donors (Lipinski definition) is 0. The molecule has 0 aliphatic carbocycles. The van der Waals surface area contributed by atoms with E-state index in [4.69, 9.17) is 12.6 Å². The van der Waals surface area contributed by atoms with Crippen molar-refractivity contribution in [1.82, 2.24) is 20.2 Å². The molecule has 1 aromatic carbocycles. The van der Waals surface area contributed by atoms with E-state index in [2.05, 4.69) is 15.4 Å². The lowest BCUT2D eigenvalue weighted by atomic mass is 10.3. The quantitative estimate of drug-likeness (QED) is 0.657. The van der Waals surface area contributed by atoms with Crippen molar-refractivity contribution >= 4 is 12.6 Å². The molecule has 0 saturated heterocycles. The lowest BCUT2D eigenvalue weighted by molar-refractivity contribution is 0.709. The summed E-state index contributed by atoms with van der Waals surface area (Å²) in [5.41, 5.74) is 0.782. The van der Waals surface area contributed by atoms with Gasteiger partial charge in [-0.1, -0.05) is 24.8 Å². The van der Waals surface area contributed by atoms with Gasteiger partial charge in [0.2, 0.25) is 0 Å². The first kappa shape index (κ1) is 7.17. The van der Waals surface area contributed by atoms with E-state index in [0.717, 1.165) is 10.6 Å². The van der Waals surface area contributed by atoms with Gasteiger partial charge in [-0.25, -0.2) is 0 Å². The van der Waals surface area contributed by atoms with Crippen molar-refractivity contribution in [2.45, 2.75) is 4.90 Å². The molecule has 2 rings (SSSR count). The minimum Gasteiger partial charge on any atom is -0.135 e. The highest BCUT2D eigenvalue weighted by Crippen LogP contribution is 2.14. The molecule has 0 aliphatic heterocycles. The van der Waals surface area contributed by atoms with Crippen molar-refractivity contribution in [3.63, 3.8) is 0 Å². The Hall–Kier alpha value is -1.49.